The Hall–Kier alpha value is -0.160. The molecule has 1 heterocycles. The lowest BCUT2D eigenvalue weighted by atomic mass is 10.3. The SMILES string of the molecule is COC(=O)[C@@H]1S[C@@H](C)SCC1=O. The third kappa shape index (κ3) is 2.17. The number of esters is 1. The van der Waals surface area contributed by atoms with Crippen LogP contribution in [0.5, 0.6) is 0 Å². The van der Waals surface area contributed by atoms with Gasteiger partial charge in [0.05, 0.1) is 12.9 Å². The van der Waals surface area contributed by atoms with Crippen LogP contribution in [0.3, 0.4) is 0 Å². The van der Waals surface area contributed by atoms with E-state index in [4.69, 9.17) is 0 Å². The van der Waals surface area contributed by atoms with Gasteiger partial charge in [0.2, 0.25) is 0 Å². The van der Waals surface area contributed by atoms with Crippen molar-refractivity contribution < 1.29 is 14.3 Å². The lowest BCUT2D eigenvalue weighted by Gasteiger charge is -2.22. The molecule has 0 aromatic heterocycles. The summed E-state index contributed by atoms with van der Waals surface area (Å²) < 4.78 is 4.82. The minimum Gasteiger partial charge on any atom is -0.468 e. The number of Topliss-reactive ketones (excluding diaryl/α,β-unsaturated/α-hetero) is 1. The first-order valence-corrected chi connectivity index (χ1v) is 5.52. The van der Waals surface area contributed by atoms with Crippen molar-refractivity contribution in [3.05, 3.63) is 0 Å². The first-order valence-electron chi connectivity index (χ1n) is 3.52. The van der Waals surface area contributed by atoms with Crippen molar-refractivity contribution in [2.24, 2.45) is 0 Å². The van der Waals surface area contributed by atoms with Crippen molar-refractivity contribution in [2.45, 2.75) is 16.8 Å². The van der Waals surface area contributed by atoms with Crippen LogP contribution in [0.25, 0.3) is 0 Å². The summed E-state index contributed by atoms with van der Waals surface area (Å²) in [6, 6.07) is 0. The smallest absolute Gasteiger partial charge is 0.326 e. The minimum atomic E-state index is -0.591. The van der Waals surface area contributed by atoms with Gasteiger partial charge in [-0.3, -0.25) is 9.59 Å². The zero-order valence-corrected chi connectivity index (χ0v) is 8.54. The highest BCUT2D eigenvalue weighted by Gasteiger charge is 2.33. The van der Waals surface area contributed by atoms with Crippen LogP contribution in [-0.2, 0) is 14.3 Å². The lowest BCUT2D eigenvalue weighted by Crippen LogP contribution is -2.34. The molecule has 3 nitrogen and oxygen atoms in total. The van der Waals surface area contributed by atoms with E-state index >= 15 is 0 Å². The highest BCUT2D eigenvalue weighted by molar-refractivity contribution is 8.19. The predicted octanol–water partition coefficient (Wildman–Crippen LogP) is 0.923. The van der Waals surface area contributed by atoms with Crippen molar-refractivity contribution >= 4 is 35.3 Å². The molecular formula is C7H10O3S2. The molecule has 0 aromatic carbocycles. The molecule has 0 bridgehead atoms. The maximum Gasteiger partial charge on any atom is 0.326 e. The summed E-state index contributed by atoms with van der Waals surface area (Å²) >= 11 is 2.93. The van der Waals surface area contributed by atoms with Gasteiger partial charge in [0, 0.05) is 4.58 Å². The Balaban J connectivity index is 2.60. The molecule has 2 atom stereocenters. The maximum atomic E-state index is 11.2. The molecule has 0 radical (unpaired) electrons. The standard InChI is InChI=1S/C7H10O3S2/c1-4-11-3-5(8)6(12-4)7(9)10-2/h4,6H,3H2,1-2H3/t4-,6+/m0/s1. The molecule has 5 heteroatoms. The number of hydrogen-bond acceptors (Lipinski definition) is 5. The number of hydrogen-bond donors (Lipinski definition) is 0. The van der Waals surface area contributed by atoms with E-state index in [2.05, 4.69) is 4.74 Å². The quantitative estimate of drug-likeness (QED) is 0.471. The minimum absolute atomic E-state index is 0.0325. The van der Waals surface area contributed by atoms with E-state index in [1.54, 1.807) is 11.8 Å². The number of ketones is 1. The molecule has 0 unspecified atom stereocenters. The molecule has 0 aliphatic carbocycles. The monoisotopic (exact) mass is 206 g/mol. The second-order valence-electron chi connectivity index (χ2n) is 2.38. The largest absolute Gasteiger partial charge is 0.468 e. The summed E-state index contributed by atoms with van der Waals surface area (Å²) in [4.78, 5) is 22.2. The topological polar surface area (TPSA) is 43.4 Å². The molecule has 68 valence electrons. The van der Waals surface area contributed by atoms with Crippen molar-refractivity contribution in [2.75, 3.05) is 12.9 Å². The lowest BCUT2D eigenvalue weighted by molar-refractivity contribution is -0.142. The van der Waals surface area contributed by atoms with E-state index in [0.29, 0.717) is 10.3 Å². The van der Waals surface area contributed by atoms with Crippen LogP contribution in [0.2, 0.25) is 0 Å². The van der Waals surface area contributed by atoms with Crippen LogP contribution in [0.1, 0.15) is 6.92 Å². The van der Waals surface area contributed by atoms with Gasteiger partial charge in [-0.2, -0.15) is 0 Å². The number of carbonyl (C=O) groups is 2. The number of carbonyl (C=O) groups excluding carboxylic acids is 2. The highest BCUT2D eigenvalue weighted by atomic mass is 32.2. The predicted molar refractivity (Wildman–Crippen MR) is 50.3 cm³/mol. The average Bonchev–Trinajstić information content (AvgIpc) is 2.08. The average molecular weight is 206 g/mol. The van der Waals surface area contributed by atoms with E-state index in [1.165, 1.54) is 18.9 Å². The zero-order chi connectivity index (χ0) is 9.14. The molecule has 0 spiro atoms. The van der Waals surface area contributed by atoms with E-state index in [9.17, 15) is 9.59 Å². The number of rotatable bonds is 1. The first-order chi connectivity index (χ1) is 5.65. The van der Waals surface area contributed by atoms with Crippen LogP contribution in [0, 0.1) is 0 Å². The van der Waals surface area contributed by atoms with Crippen molar-refractivity contribution in [1.29, 1.82) is 0 Å². The second-order valence-corrected chi connectivity index (χ2v) is 5.46. The van der Waals surface area contributed by atoms with Gasteiger partial charge >= 0.3 is 5.97 Å². The summed E-state index contributed by atoms with van der Waals surface area (Å²) in [5.41, 5.74) is 0. The van der Waals surface area contributed by atoms with Crippen LogP contribution >= 0.6 is 23.5 Å². The Morgan fingerprint density at radius 2 is 2.33 bits per heavy atom. The van der Waals surface area contributed by atoms with Gasteiger partial charge in [-0.05, 0) is 6.92 Å². The molecule has 0 N–H and O–H groups in total. The zero-order valence-electron chi connectivity index (χ0n) is 6.90. The van der Waals surface area contributed by atoms with E-state index in [0.717, 1.165) is 0 Å². The number of ether oxygens (including phenoxy) is 1. The van der Waals surface area contributed by atoms with Gasteiger partial charge in [0.1, 0.15) is 0 Å². The van der Waals surface area contributed by atoms with Gasteiger partial charge in [-0.25, -0.2) is 0 Å². The van der Waals surface area contributed by atoms with Crippen LogP contribution in [0.15, 0.2) is 0 Å². The fourth-order valence-electron chi connectivity index (χ4n) is 0.876. The third-order valence-corrected chi connectivity index (χ3v) is 4.27. The summed E-state index contributed by atoms with van der Waals surface area (Å²) in [5.74, 6) is -0.0272. The summed E-state index contributed by atoms with van der Waals surface area (Å²) in [5, 5.41) is -0.591. The van der Waals surface area contributed by atoms with Gasteiger partial charge in [-0.15, -0.1) is 23.5 Å². The van der Waals surface area contributed by atoms with Crippen LogP contribution in [-0.4, -0.2) is 34.4 Å². The van der Waals surface area contributed by atoms with Crippen molar-refractivity contribution in [1.82, 2.24) is 0 Å². The van der Waals surface area contributed by atoms with Crippen molar-refractivity contribution in [3.8, 4) is 0 Å². The Morgan fingerprint density at radius 1 is 1.67 bits per heavy atom. The number of thioether (sulfide) groups is 2. The molecule has 1 saturated heterocycles. The Labute approximate surface area is 79.6 Å². The van der Waals surface area contributed by atoms with E-state index in [-0.39, 0.29) is 5.78 Å². The van der Waals surface area contributed by atoms with Crippen LogP contribution < -0.4 is 0 Å². The van der Waals surface area contributed by atoms with Crippen molar-refractivity contribution in [3.63, 3.8) is 0 Å². The Kier molecular flexibility index (Phi) is 3.46. The van der Waals surface area contributed by atoms with Crippen LogP contribution in [0.4, 0.5) is 0 Å². The fraction of sp³-hybridized carbons (Fsp3) is 0.714. The molecule has 0 aromatic rings. The van der Waals surface area contributed by atoms with Gasteiger partial charge < -0.3 is 4.74 Å². The van der Waals surface area contributed by atoms with E-state index in [1.807, 2.05) is 6.92 Å². The van der Waals surface area contributed by atoms with E-state index < -0.39 is 11.2 Å². The number of methoxy groups -OCH3 is 1. The molecule has 1 aliphatic rings. The fourth-order valence-corrected chi connectivity index (χ4v) is 3.22. The summed E-state index contributed by atoms with van der Waals surface area (Å²) in [6.07, 6.45) is 0. The second kappa shape index (κ2) is 4.18. The molecule has 1 aliphatic heterocycles. The molecular weight excluding hydrogens is 196 g/mol. The molecule has 12 heavy (non-hydrogen) atoms. The van der Waals surface area contributed by atoms with Gasteiger partial charge in [0.15, 0.2) is 11.0 Å². The highest BCUT2D eigenvalue weighted by Crippen LogP contribution is 2.33. The molecule has 1 fully saturated rings. The van der Waals surface area contributed by atoms with Gasteiger partial charge in [-0.1, -0.05) is 0 Å². The molecule has 1 rings (SSSR count). The normalized spacial score (nSPS) is 30.0. The molecule has 0 saturated carbocycles. The summed E-state index contributed by atoms with van der Waals surface area (Å²) in [6.45, 7) is 1.98. The Morgan fingerprint density at radius 3 is 2.92 bits per heavy atom. The molecule has 0 amide bonds. The third-order valence-electron chi connectivity index (χ3n) is 1.50. The Bertz CT molecular complexity index is 197. The maximum absolute atomic E-state index is 11.2. The summed E-state index contributed by atoms with van der Waals surface area (Å²) in [7, 11) is 1.31. The van der Waals surface area contributed by atoms with Gasteiger partial charge in [0.25, 0.3) is 0 Å². The first kappa shape index (κ1) is 9.92.